The van der Waals surface area contributed by atoms with Crippen LogP contribution in [-0.2, 0) is 22.7 Å². The first kappa shape index (κ1) is 19.6. The van der Waals surface area contributed by atoms with Crippen LogP contribution in [0.5, 0.6) is 0 Å². The minimum absolute atomic E-state index is 0.386. The van der Waals surface area contributed by atoms with Crippen molar-refractivity contribution in [3.05, 3.63) is 71.4 Å². The van der Waals surface area contributed by atoms with Gasteiger partial charge >= 0.3 is 0 Å². The van der Waals surface area contributed by atoms with E-state index in [4.69, 9.17) is 0 Å². The van der Waals surface area contributed by atoms with Crippen molar-refractivity contribution in [2.75, 3.05) is 12.8 Å². The summed E-state index contributed by atoms with van der Waals surface area (Å²) in [4.78, 5) is 3.88. The minimum Gasteiger partial charge on any atom is -0.358 e. The molecule has 0 saturated heterocycles. The fourth-order valence-corrected chi connectivity index (χ4v) is 5.78. The first-order valence-electron chi connectivity index (χ1n) is 10.8. The summed E-state index contributed by atoms with van der Waals surface area (Å²) in [7, 11) is -3.19. The van der Waals surface area contributed by atoms with Crippen molar-refractivity contribution in [2.24, 2.45) is 5.92 Å². The second-order valence-electron chi connectivity index (χ2n) is 8.81. The third-order valence-electron chi connectivity index (χ3n) is 6.67. The van der Waals surface area contributed by atoms with E-state index in [2.05, 4.69) is 46.7 Å². The van der Waals surface area contributed by atoms with Crippen LogP contribution in [0, 0.1) is 5.92 Å². The molecule has 5 heteroatoms. The first-order chi connectivity index (χ1) is 14.5. The number of benzene rings is 2. The van der Waals surface area contributed by atoms with Crippen molar-refractivity contribution in [1.82, 2.24) is 10.3 Å². The quantitative estimate of drug-likeness (QED) is 0.653. The molecule has 1 aliphatic carbocycles. The normalized spacial score (nSPS) is 22.0. The molecule has 30 heavy (non-hydrogen) atoms. The number of H-pyrrole nitrogens is 1. The van der Waals surface area contributed by atoms with Crippen LogP contribution < -0.4 is 5.32 Å². The Balaban J connectivity index is 1.32. The van der Waals surface area contributed by atoms with Gasteiger partial charge in [-0.25, -0.2) is 8.42 Å². The summed E-state index contributed by atoms with van der Waals surface area (Å²) in [5, 5.41) is 4.88. The molecule has 1 aromatic heterocycles. The van der Waals surface area contributed by atoms with Gasteiger partial charge in [0.1, 0.15) is 0 Å². The van der Waals surface area contributed by atoms with Crippen LogP contribution in [0.3, 0.4) is 0 Å². The Labute approximate surface area is 178 Å². The summed E-state index contributed by atoms with van der Waals surface area (Å²) < 4.78 is 23.8. The van der Waals surface area contributed by atoms with E-state index in [1.807, 2.05) is 6.07 Å². The average Bonchev–Trinajstić information content (AvgIpc) is 3.11. The smallest absolute Gasteiger partial charge is 0.175 e. The minimum atomic E-state index is -3.19. The van der Waals surface area contributed by atoms with E-state index >= 15 is 0 Å². The summed E-state index contributed by atoms with van der Waals surface area (Å²) in [5.41, 5.74) is 6.42. The average molecular weight is 421 g/mol. The maximum atomic E-state index is 11.9. The molecule has 0 fully saturated rings. The van der Waals surface area contributed by atoms with Gasteiger partial charge in [0.2, 0.25) is 0 Å². The molecule has 2 heterocycles. The summed E-state index contributed by atoms with van der Waals surface area (Å²) in [6.45, 7) is 0.939. The molecule has 3 aromatic rings. The van der Waals surface area contributed by atoms with Crippen LogP contribution in [0.15, 0.2) is 59.5 Å². The van der Waals surface area contributed by atoms with E-state index in [1.54, 1.807) is 12.1 Å². The lowest BCUT2D eigenvalue weighted by molar-refractivity contribution is 0.356. The zero-order valence-corrected chi connectivity index (χ0v) is 18.1. The lowest BCUT2D eigenvalue weighted by Crippen LogP contribution is -2.35. The molecule has 2 unspecified atom stereocenters. The van der Waals surface area contributed by atoms with Crippen LogP contribution in [0.4, 0.5) is 0 Å². The summed E-state index contributed by atoms with van der Waals surface area (Å²) in [6, 6.07) is 16.7. The molecule has 2 N–H and O–H groups in total. The monoisotopic (exact) mass is 420 g/mol. The van der Waals surface area contributed by atoms with Gasteiger partial charge in [-0.2, -0.15) is 0 Å². The van der Waals surface area contributed by atoms with E-state index in [-0.39, 0.29) is 0 Å². The molecule has 156 valence electrons. The Kier molecular flexibility index (Phi) is 5.03. The highest BCUT2D eigenvalue weighted by atomic mass is 32.2. The van der Waals surface area contributed by atoms with Crippen LogP contribution in [0.1, 0.15) is 36.1 Å². The van der Waals surface area contributed by atoms with Crippen LogP contribution >= 0.6 is 0 Å². The van der Waals surface area contributed by atoms with Crippen molar-refractivity contribution in [3.63, 3.8) is 0 Å². The molecule has 1 aliphatic heterocycles. The number of aryl methyl sites for hydroxylation is 1. The molecular weight excluding hydrogens is 392 g/mol. The lowest BCUT2D eigenvalue weighted by atomic mass is 9.80. The van der Waals surface area contributed by atoms with E-state index in [1.165, 1.54) is 46.9 Å². The lowest BCUT2D eigenvalue weighted by Gasteiger charge is -2.30. The van der Waals surface area contributed by atoms with Gasteiger partial charge in [0.25, 0.3) is 0 Å². The van der Waals surface area contributed by atoms with Crippen LogP contribution in [0.2, 0.25) is 0 Å². The van der Waals surface area contributed by atoms with Gasteiger partial charge < -0.3 is 10.3 Å². The number of sulfone groups is 1. The summed E-state index contributed by atoms with van der Waals surface area (Å²) in [6.07, 6.45) is 9.14. The van der Waals surface area contributed by atoms with Crippen molar-refractivity contribution >= 4 is 26.3 Å². The molecule has 0 saturated carbocycles. The standard InChI is InChI=1S/C25H28N2O2S/c1-30(28,29)21-8-9-22-23-14-17(7-10-24(23)27-25(22)16-21)13-20-15-19(11-12-26-20)18-5-3-2-4-6-18/h2-6,8-9,11,16-17,20,26-27H,7,10,12-15H2,1H3. The van der Waals surface area contributed by atoms with Crippen LogP contribution in [0.25, 0.3) is 16.5 Å². The zero-order valence-electron chi connectivity index (χ0n) is 17.3. The largest absolute Gasteiger partial charge is 0.358 e. The summed E-state index contributed by atoms with van der Waals surface area (Å²) in [5.74, 6) is 0.652. The molecule has 0 amide bonds. The van der Waals surface area contributed by atoms with Gasteiger partial charge in [0.15, 0.2) is 9.84 Å². The van der Waals surface area contributed by atoms with Gasteiger partial charge in [-0.3, -0.25) is 0 Å². The van der Waals surface area contributed by atoms with Gasteiger partial charge in [0, 0.05) is 35.4 Å². The molecule has 0 radical (unpaired) electrons. The Morgan fingerprint density at radius 3 is 2.70 bits per heavy atom. The molecule has 2 aromatic carbocycles. The van der Waals surface area contributed by atoms with E-state index in [0.717, 1.165) is 31.3 Å². The predicted octanol–water partition coefficient (Wildman–Crippen LogP) is 4.51. The molecule has 4 nitrogen and oxygen atoms in total. The third-order valence-corrected chi connectivity index (χ3v) is 7.78. The number of nitrogens with one attached hydrogen (secondary N) is 2. The molecule has 5 rings (SSSR count). The highest BCUT2D eigenvalue weighted by molar-refractivity contribution is 7.90. The Bertz CT molecular complexity index is 1210. The van der Waals surface area contributed by atoms with Gasteiger partial charge in [-0.15, -0.1) is 0 Å². The second kappa shape index (κ2) is 7.71. The third kappa shape index (κ3) is 3.84. The topological polar surface area (TPSA) is 62.0 Å². The SMILES string of the molecule is CS(=O)(=O)c1ccc2c3c([nH]c2c1)CCC(CC1CC(c2ccccc2)=CCN1)C3. The van der Waals surface area contributed by atoms with Gasteiger partial charge in [-0.05, 0) is 66.9 Å². The Hall–Kier alpha value is -2.37. The maximum absolute atomic E-state index is 11.9. The fourth-order valence-electron chi connectivity index (χ4n) is 5.13. The molecule has 2 atom stereocenters. The van der Waals surface area contributed by atoms with E-state index < -0.39 is 9.84 Å². The van der Waals surface area contributed by atoms with Crippen molar-refractivity contribution in [2.45, 2.75) is 43.0 Å². The van der Waals surface area contributed by atoms with E-state index in [0.29, 0.717) is 16.9 Å². The highest BCUT2D eigenvalue weighted by Gasteiger charge is 2.26. The molecular formula is C25H28N2O2S. The van der Waals surface area contributed by atoms with Gasteiger partial charge in [-0.1, -0.05) is 42.5 Å². The number of aromatic amines is 1. The summed E-state index contributed by atoms with van der Waals surface area (Å²) >= 11 is 0. The van der Waals surface area contributed by atoms with Crippen molar-refractivity contribution < 1.29 is 8.42 Å². The second-order valence-corrected chi connectivity index (χ2v) is 10.8. The number of rotatable bonds is 4. The molecule has 0 spiro atoms. The maximum Gasteiger partial charge on any atom is 0.175 e. The molecule has 0 bridgehead atoms. The zero-order chi connectivity index (χ0) is 20.7. The number of aromatic nitrogens is 1. The number of fused-ring (bicyclic) bond motifs is 3. The number of hydrogen-bond acceptors (Lipinski definition) is 3. The first-order valence-corrected chi connectivity index (χ1v) is 12.7. The van der Waals surface area contributed by atoms with Crippen LogP contribution in [-0.4, -0.2) is 32.2 Å². The Morgan fingerprint density at radius 1 is 1.07 bits per heavy atom. The van der Waals surface area contributed by atoms with Crippen molar-refractivity contribution in [1.29, 1.82) is 0 Å². The van der Waals surface area contributed by atoms with E-state index in [9.17, 15) is 8.42 Å². The van der Waals surface area contributed by atoms with Gasteiger partial charge in [0.05, 0.1) is 4.90 Å². The highest BCUT2D eigenvalue weighted by Crippen LogP contribution is 2.35. The fraction of sp³-hybridized carbons (Fsp3) is 0.360. The Morgan fingerprint density at radius 2 is 1.90 bits per heavy atom. The number of hydrogen-bond donors (Lipinski definition) is 2. The molecule has 2 aliphatic rings. The predicted molar refractivity (Wildman–Crippen MR) is 122 cm³/mol. The van der Waals surface area contributed by atoms with Crippen molar-refractivity contribution in [3.8, 4) is 0 Å².